The zero-order chi connectivity index (χ0) is 19.8. The van der Waals surface area contributed by atoms with Crippen LogP contribution in [0.3, 0.4) is 0 Å². The van der Waals surface area contributed by atoms with Crippen molar-refractivity contribution in [2.45, 2.75) is 26.3 Å². The topological polar surface area (TPSA) is 64.6 Å². The molecule has 2 aromatic carbocycles. The molecule has 27 heavy (non-hydrogen) atoms. The minimum atomic E-state index is -0.807. The van der Waals surface area contributed by atoms with E-state index in [9.17, 15) is 9.59 Å². The molecular formula is C20H20ClNO4S. The molecule has 0 fully saturated rings. The lowest BCUT2D eigenvalue weighted by Gasteiger charge is -2.18. The van der Waals surface area contributed by atoms with Gasteiger partial charge < -0.3 is 14.8 Å². The molecule has 0 bridgehead atoms. The number of thiocarbonyl (C=S) groups is 1. The number of rotatable bonds is 7. The lowest BCUT2D eigenvalue weighted by Crippen LogP contribution is -2.43. The Labute approximate surface area is 168 Å². The van der Waals surface area contributed by atoms with Crippen molar-refractivity contribution in [2.24, 2.45) is 0 Å². The Balaban J connectivity index is 2.14. The number of hydrogen-bond acceptors (Lipinski definition) is 5. The molecule has 0 aliphatic rings. The van der Waals surface area contributed by atoms with Gasteiger partial charge in [0.05, 0.1) is 6.61 Å². The Kier molecular flexibility index (Phi) is 7.76. The van der Waals surface area contributed by atoms with E-state index in [1.54, 1.807) is 43.3 Å². The van der Waals surface area contributed by atoms with Crippen LogP contribution in [0.25, 0.3) is 0 Å². The first kappa shape index (κ1) is 20.9. The molecule has 142 valence electrons. The van der Waals surface area contributed by atoms with Gasteiger partial charge in [0.2, 0.25) is 0 Å². The van der Waals surface area contributed by atoms with Gasteiger partial charge in [-0.1, -0.05) is 30.3 Å². The van der Waals surface area contributed by atoms with Crippen LogP contribution >= 0.6 is 23.8 Å². The van der Waals surface area contributed by atoms with Crippen molar-refractivity contribution >= 4 is 40.2 Å². The van der Waals surface area contributed by atoms with Crippen molar-refractivity contribution in [1.82, 2.24) is 5.32 Å². The van der Waals surface area contributed by atoms with Crippen molar-refractivity contribution < 1.29 is 19.1 Å². The maximum Gasteiger partial charge on any atom is 0.328 e. The lowest BCUT2D eigenvalue weighted by atomic mass is 10.0. The predicted octanol–water partition coefficient (Wildman–Crippen LogP) is 3.80. The van der Waals surface area contributed by atoms with Gasteiger partial charge in [0.25, 0.3) is 10.4 Å². The number of benzene rings is 2. The molecule has 0 aliphatic heterocycles. The minimum absolute atomic E-state index is 0.0994. The second-order valence-electron chi connectivity index (χ2n) is 5.78. The number of esters is 1. The van der Waals surface area contributed by atoms with E-state index in [0.717, 1.165) is 11.1 Å². The average molecular weight is 406 g/mol. The van der Waals surface area contributed by atoms with Crippen LogP contribution in [0.2, 0.25) is 0 Å². The normalized spacial score (nSPS) is 11.4. The lowest BCUT2D eigenvalue weighted by molar-refractivity contribution is -0.145. The molecule has 0 saturated heterocycles. The molecule has 0 spiro atoms. The second-order valence-corrected chi connectivity index (χ2v) is 6.72. The highest BCUT2D eigenvalue weighted by atomic mass is 35.5. The largest absolute Gasteiger partial charge is 0.464 e. The molecule has 7 heteroatoms. The summed E-state index contributed by atoms with van der Waals surface area (Å²) in [5, 5.41) is 2.77. The van der Waals surface area contributed by atoms with Crippen LogP contribution in [0, 0.1) is 6.92 Å². The van der Waals surface area contributed by atoms with Gasteiger partial charge in [0, 0.05) is 12.0 Å². The van der Waals surface area contributed by atoms with E-state index >= 15 is 0 Å². The molecule has 1 N–H and O–H groups in total. The first-order valence-corrected chi connectivity index (χ1v) is 9.18. The van der Waals surface area contributed by atoms with Gasteiger partial charge in [-0.2, -0.15) is 0 Å². The maximum atomic E-state index is 12.6. The Bertz CT molecular complexity index is 823. The number of carbonyl (C=O) groups excluding carboxylic acids is 2. The summed E-state index contributed by atoms with van der Waals surface area (Å²) in [6.45, 7) is 3.79. The van der Waals surface area contributed by atoms with Gasteiger partial charge in [-0.15, -0.1) is 0 Å². The van der Waals surface area contributed by atoms with E-state index in [1.807, 2.05) is 19.1 Å². The van der Waals surface area contributed by atoms with E-state index in [-0.39, 0.29) is 23.4 Å². The molecule has 2 rings (SSSR count). The molecule has 1 unspecified atom stereocenters. The summed E-state index contributed by atoms with van der Waals surface area (Å²) >= 11 is 10.2. The standard InChI is InChI=1S/C20H20ClNO4S/c1-3-25-19(24)17(22-18(23)16-7-5-4-6-13(16)2)12-14-8-10-15(11-9-14)26-20(21)27/h4-11,17H,3,12H2,1-2H3,(H,22,23). The van der Waals surface area contributed by atoms with Crippen LogP contribution in [0.1, 0.15) is 28.4 Å². The SMILES string of the molecule is CCOC(=O)C(Cc1ccc(OC(=S)Cl)cc1)NC(=O)c1ccccc1C. The fraction of sp³-hybridized carbons (Fsp3) is 0.250. The summed E-state index contributed by atoms with van der Waals surface area (Å²) < 4.78 is 10.1. The third kappa shape index (κ3) is 6.34. The number of halogens is 1. The van der Waals surface area contributed by atoms with Crippen LogP contribution in [-0.2, 0) is 16.0 Å². The molecule has 0 aliphatic carbocycles. The first-order valence-electron chi connectivity index (χ1n) is 8.40. The molecule has 2 aromatic rings. The van der Waals surface area contributed by atoms with Gasteiger partial charge in [0.1, 0.15) is 11.8 Å². The fourth-order valence-electron chi connectivity index (χ4n) is 2.52. The quantitative estimate of drug-likeness (QED) is 0.431. The Morgan fingerprint density at radius 2 is 1.81 bits per heavy atom. The number of hydrogen-bond donors (Lipinski definition) is 1. The van der Waals surface area contributed by atoms with E-state index in [4.69, 9.17) is 21.1 Å². The van der Waals surface area contributed by atoms with Crippen molar-refractivity contribution in [3.05, 3.63) is 65.2 Å². The molecule has 0 radical (unpaired) electrons. The summed E-state index contributed by atoms with van der Waals surface area (Å²) in [4.78, 5) is 24.9. The van der Waals surface area contributed by atoms with Crippen LogP contribution in [0.15, 0.2) is 48.5 Å². The first-order chi connectivity index (χ1) is 12.9. The fourth-order valence-corrected chi connectivity index (χ4v) is 2.71. The van der Waals surface area contributed by atoms with Gasteiger partial charge in [-0.3, -0.25) is 4.79 Å². The summed E-state index contributed by atoms with van der Waals surface area (Å²) in [6, 6.07) is 13.3. The monoisotopic (exact) mass is 405 g/mol. The van der Waals surface area contributed by atoms with Gasteiger partial charge in [-0.05, 0) is 67.0 Å². The van der Waals surface area contributed by atoms with E-state index in [1.165, 1.54) is 0 Å². The molecule has 1 atom stereocenters. The highest BCUT2D eigenvalue weighted by molar-refractivity contribution is 7.82. The van der Waals surface area contributed by atoms with Crippen LogP contribution in [0.5, 0.6) is 5.75 Å². The zero-order valence-corrected chi connectivity index (χ0v) is 16.6. The predicted molar refractivity (Wildman–Crippen MR) is 108 cm³/mol. The number of aryl methyl sites for hydroxylation is 1. The third-order valence-corrected chi connectivity index (χ3v) is 3.99. The highest BCUT2D eigenvalue weighted by Crippen LogP contribution is 2.16. The summed E-state index contributed by atoms with van der Waals surface area (Å²) in [5.74, 6) is -0.310. The number of amides is 1. The van der Waals surface area contributed by atoms with E-state index in [0.29, 0.717) is 11.3 Å². The van der Waals surface area contributed by atoms with Crippen LogP contribution in [0.4, 0.5) is 0 Å². The van der Waals surface area contributed by atoms with Gasteiger partial charge in [0.15, 0.2) is 0 Å². The summed E-state index contributed by atoms with van der Waals surface area (Å²) in [6.07, 6.45) is 0.280. The molecule has 1 amide bonds. The third-order valence-electron chi connectivity index (χ3n) is 3.83. The minimum Gasteiger partial charge on any atom is -0.464 e. The molecular weight excluding hydrogens is 386 g/mol. The second kappa shape index (κ2) is 10.0. The average Bonchev–Trinajstić information content (AvgIpc) is 2.62. The van der Waals surface area contributed by atoms with Crippen LogP contribution < -0.4 is 10.1 Å². The van der Waals surface area contributed by atoms with Gasteiger partial charge >= 0.3 is 5.97 Å². The number of nitrogens with one attached hydrogen (secondary N) is 1. The van der Waals surface area contributed by atoms with E-state index < -0.39 is 12.0 Å². The van der Waals surface area contributed by atoms with Crippen molar-refractivity contribution in [3.8, 4) is 5.75 Å². The van der Waals surface area contributed by atoms with Gasteiger partial charge in [-0.25, -0.2) is 4.79 Å². The summed E-state index contributed by atoms with van der Waals surface area (Å²) in [7, 11) is 0. The smallest absolute Gasteiger partial charge is 0.328 e. The molecule has 5 nitrogen and oxygen atoms in total. The van der Waals surface area contributed by atoms with Crippen molar-refractivity contribution in [3.63, 3.8) is 0 Å². The van der Waals surface area contributed by atoms with Crippen LogP contribution in [-0.4, -0.2) is 29.0 Å². The van der Waals surface area contributed by atoms with Crippen molar-refractivity contribution in [1.29, 1.82) is 0 Å². The Morgan fingerprint density at radius 3 is 2.41 bits per heavy atom. The van der Waals surface area contributed by atoms with Crippen molar-refractivity contribution in [2.75, 3.05) is 6.61 Å². The number of carbonyl (C=O) groups is 2. The zero-order valence-electron chi connectivity index (χ0n) is 15.0. The molecule has 0 aromatic heterocycles. The Morgan fingerprint density at radius 1 is 1.15 bits per heavy atom. The molecule has 0 heterocycles. The molecule has 0 saturated carbocycles. The summed E-state index contributed by atoms with van der Waals surface area (Å²) in [5.41, 5.74) is 2.17. The number of ether oxygens (including phenoxy) is 2. The van der Waals surface area contributed by atoms with E-state index in [2.05, 4.69) is 17.5 Å². The Hall–Kier alpha value is -2.44. The highest BCUT2D eigenvalue weighted by Gasteiger charge is 2.23. The maximum absolute atomic E-state index is 12.6.